The molecule has 1 aliphatic heterocycles. The molecule has 0 fully saturated rings. The van der Waals surface area contributed by atoms with Crippen LogP contribution >= 0.6 is 0 Å². The van der Waals surface area contributed by atoms with Crippen LogP contribution in [0.2, 0.25) is 0 Å². The van der Waals surface area contributed by atoms with E-state index in [2.05, 4.69) is 41.4 Å². The first kappa shape index (κ1) is 18.4. The Morgan fingerprint density at radius 2 is 2.07 bits per heavy atom. The van der Waals surface area contributed by atoms with Gasteiger partial charge in [-0.15, -0.1) is 0 Å². The Labute approximate surface area is 165 Å². The molecule has 28 heavy (non-hydrogen) atoms. The SMILES string of the molecule is Cc1cc(C(C)NC(=O)c2ccoc2CN2c3ccccc3CC2C)c(C)o1. The number of fused-ring (bicyclic) bond motifs is 1. The maximum absolute atomic E-state index is 12.9. The summed E-state index contributed by atoms with van der Waals surface area (Å²) < 4.78 is 11.3. The van der Waals surface area contributed by atoms with Crippen LogP contribution in [0.1, 0.15) is 58.7 Å². The maximum Gasteiger partial charge on any atom is 0.255 e. The summed E-state index contributed by atoms with van der Waals surface area (Å²) in [5.41, 5.74) is 4.14. The van der Waals surface area contributed by atoms with Gasteiger partial charge in [-0.2, -0.15) is 0 Å². The molecule has 1 N–H and O–H groups in total. The largest absolute Gasteiger partial charge is 0.467 e. The molecule has 2 aromatic heterocycles. The summed E-state index contributed by atoms with van der Waals surface area (Å²) in [5.74, 6) is 2.24. The zero-order valence-electron chi connectivity index (χ0n) is 16.8. The van der Waals surface area contributed by atoms with Crippen LogP contribution in [-0.4, -0.2) is 11.9 Å². The van der Waals surface area contributed by atoms with Crippen LogP contribution in [0, 0.1) is 13.8 Å². The Kier molecular flexibility index (Phi) is 4.75. The van der Waals surface area contributed by atoms with Gasteiger partial charge < -0.3 is 19.1 Å². The van der Waals surface area contributed by atoms with Crippen molar-refractivity contribution in [3.63, 3.8) is 0 Å². The Bertz CT molecular complexity index is 1000. The molecule has 146 valence electrons. The van der Waals surface area contributed by atoms with E-state index in [9.17, 15) is 4.79 Å². The van der Waals surface area contributed by atoms with E-state index >= 15 is 0 Å². The summed E-state index contributed by atoms with van der Waals surface area (Å²) in [5, 5.41) is 3.07. The summed E-state index contributed by atoms with van der Waals surface area (Å²) in [6.07, 6.45) is 2.60. The fourth-order valence-corrected chi connectivity index (χ4v) is 4.12. The maximum atomic E-state index is 12.9. The van der Waals surface area contributed by atoms with E-state index < -0.39 is 0 Å². The van der Waals surface area contributed by atoms with E-state index in [0.29, 0.717) is 23.9 Å². The number of furan rings is 2. The number of carbonyl (C=O) groups is 1. The molecule has 0 aliphatic carbocycles. The molecule has 4 rings (SSSR count). The van der Waals surface area contributed by atoms with Gasteiger partial charge in [0.2, 0.25) is 0 Å². The number of carbonyl (C=O) groups excluding carboxylic acids is 1. The molecule has 5 heteroatoms. The van der Waals surface area contributed by atoms with Crippen LogP contribution in [-0.2, 0) is 13.0 Å². The Morgan fingerprint density at radius 3 is 2.82 bits per heavy atom. The zero-order valence-corrected chi connectivity index (χ0v) is 16.8. The fraction of sp³-hybridized carbons (Fsp3) is 0.348. The zero-order chi connectivity index (χ0) is 19.8. The van der Waals surface area contributed by atoms with E-state index in [1.165, 1.54) is 11.3 Å². The van der Waals surface area contributed by atoms with E-state index in [1.54, 1.807) is 12.3 Å². The lowest BCUT2D eigenvalue weighted by atomic mass is 10.1. The van der Waals surface area contributed by atoms with Crippen LogP contribution in [0.15, 0.2) is 51.5 Å². The van der Waals surface area contributed by atoms with Crippen LogP contribution in [0.3, 0.4) is 0 Å². The normalized spacial score (nSPS) is 16.9. The minimum Gasteiger partial charge on any atom is -0.467 e. The van der Waals surface area contributed by atoms with Gasteiger partial charge in [-0.25, -0.2) is 0 Å². The number of anilines is 1. The molecule has 2 atom stereocenters. The third-order valence-electron chi connectivity index (χ3n) is 5.55. The average molecular weight is 378 g/mol. The lowest BCUT2D eigenvalue weighted by Crippen LogP contribution is -2.31. The second kappa shape index (κ2) is 7.23. The van der Waals surface area contributed by atoms with E-state index in [-0.39, 0.29) is 11.9 Å². The van der Waals surface area contributed by atoms with Gasteiger partial charge in [0.1, 0.15) is 17.3 Å². The smallest absolute Gasteiger partial charge is 0.255 e. The molecule has 3 heterocycles. The standard InChI is InChI=1S/C23H26N2O3/c1-14-11-18-7-5-6-8-21(18)25(14)13-22-19(9-10-27-22)23(26)24-16(3)20-12-15(2)28-17(20)4/h5-10,12,14,16H,11,13H2,1-4H3,(H,24,26). The number of rotatable bonds is 5. The summed E-state index contributed by atoms with van der Waals surface area (Å²) in [6, 6.07) is 12.4. The second-order valence-corrected chi connectivity index (χ2v) is 7.63. The average Bonchev–Trinajstić information content (AvgIpc) is 3.33. The Morgan fingerprint density at radius 1 is 1.29 bits per heavy atom. The first-order valence-electron chi connectivity index (χ1n) is 9.72. The number of nitrogens with one attached hydrogen (secondary N) is 1. The highest BCUT2D eigenvalue weighted by molar-refractivity contribution is 5.95. The van der Waals surface area contributed by atoms with Crippen molar-refractivity contribution in [2.45, 2.75) is 52.7 Å². The number of benzene rings is 1. The minimum atomic E-state index is -0.140. The lowest BCUT2D eigenvalue weighted by molar-refractivity contribution is 0.0937. The van der Waals surface area contributed by atoms with Crippen molar-refractivity contribution in [3.8, 4) is 0 Å². The highest BCUT2D eigenvalue weighted by atomic mass is 16.3. The monoisotopic (exact) mass is 378 g/mol. The van der Waals surface area contributed by atoms with Gasteiger partial charge in [-0.05, 0) is 57.9 Å². The van der Waals surface area contributed by atoms with Gasteiger partial charge in [0.15, 0.2) is 0 Å². The van der Waals surface area contributed by atoms with Crippen molar-refractivity contribution in [1.82, 2.24) is 5.32 Å². The topological polar surface area (TPSA) is 58.6 Å². The first-order chi connectivity index (χ1) is 13.4. The van der Waals surface area contributed by atoms with Crippen LogP contribution in [0.5, 0.6) is 0 Å². The van der Waals surface area contributed by atoms with Crippen molar-refractivity contribution in [2.24, 2.45) is 0 Å². The molecule has 3 aromatic rings. The minimum absolute atomic E-state index is 0.130. The molecule has 0 spiro atoms. The fourth-order valence-electron chi connectivity index (χ4n) is 4.12. The van der Waals surface area contributed by atoms with Gasteiger partial charge >= 0.3 is 0 Å². The van der Waals surface area contributed by atoms with E-state index in [0.717, 1.165) is 23.5 Å². The molecule has 1 aromatic carbocycles. The Hall–Kier alpha value is -2.95. The molecule has 1 aliphatic rings. The first-order valence-corrected chi connectivity index (χ1v) is 9.72. The van der Waals surface area contributed by atoms with Gasteiger partial charge in [0.25, 0.3) is 5.91 Å². The van der Waals surface area contributed by atoms with Crippen molar-refractivity contribution < 1.29 is 13.6 Å². The lowest BCUT2D eigenvalue weighted by Gasteiger charge is -2.24. The van der Waals surface area contributed by atoms with E-state index in [4.69, 9.17) is 8.83 Å². The predicted octanol–water partition coefficient (Wildman–Crippen LogP) is 4.93. The summed E-state index contributed by atoms with van der Waals surface area (Å²) >= 11 is 0. The molecule has 0 saturated carbocycles. The summed E-state index contributed by atoms with van der Waals surface area (Å²) in [6.45, 7) is 8.57. The molecule has 0 saturated heterocycles. The van der Waals surface area contributed by atoms with Gasteiger partial charge in [-0.1, -0.05) is 18.2 Å². The number of para-hydroxylation sites is 1. The number of amides is 1. The number of hydrogen-bond donors (Lipinski definition) is 1. The van der Waals surface area contributed by atoms with Crippen molar-refractivity contribution in [3.05, 3.63) is 76.6 Å². The number of aryl methyl sites for hydroxylation is 2. The molecule has 0 bridgehead atoms. The molecule has 5 nitrogen and oxygen atoms in total. The van der Waals surface area contributed by atoms with Crippen LogP contribution in [0.25, 0.3) is 0 Å². The highest BCUT2D eigenvalue weighted by Gasteiger charge is 2.28. The highest BCUT2D eigenvalue weighted by Crippen LogP contribution is 2.33. The van der Waals surface area contributed by atoms with Crippen LogP contribution < -0.4 is 10.2 Å². The van der Waals surface area contributed by atoms with Crippen LogP contribution in [0.4, 0.5) is 5.69 Å². The van der Waals surface area contributed by atoms with Gasteiger partial charge in [0.05, 0.1) is 24.4 Å². The molecule has 0 radical (unpaired) electrons. The third-order valence-corrected chi connectivity index (χ3v) is 5.55. The molecular formula is C23H26N2O3. The number of hydrogen-bond acceptors (Lipinski definition) is 4. The summed E-state index contributed by atoms with van der Waals surface area (Å²) in [7, 11) is 0. The molecule has 1 amide bonds. The van der Waals surface area contributed by atoms with Crippen molar-refractivity contribution in [2.75, 3.05) is 4.90 Å². The van der Waals surface area contributed by atoms with Gasteiger partial charge in [-0.3, -0.25) is 4.79 Å². The quantitative estimate of drug-likeness (QED) is 0.684. The number of nitrogens with zero attached hydrogens (tertiary/aromatic N) is 1. The van der Waals surface area contributed by atoms with Crippen molar-refractivity contribution in [1.29, 1.82) is 0 Å². The van der Waals surface area contributed by atoms with E-state index in [1.807, 2.05) is 26.8 Å². The van der Waals surface area contributed by atoms with Crippen molar-refractivity contribution >= 4 is 11.6 Å². The predicted molar refractivity (Wildman–Crippen MR) is 109 cm³/mol. The third kappa shape index (κ3) is 3.33. The molecule has 2 unspecified atom stereocenters. The molecular weight excluding hydrogens is 352 g/mol. The second-order valence-electron chi connectivity index (χ2n) is 7.63. The Balaban J connectivity index is 1.51. The summed E-state index contributed by atoms with van der Waals surface area (Å²) in [4.78, 5) is 15.2. The van der Waals surface area contributed by atoms with Gasteiger partial charge in [0, 0.05) is 17.3 Å².